The maximum atomic E-state index is 14.2. The van der Waals surface area contributed by atoms with Gasteiger partial charge in [0.25, 0.3) is 0 Å². The van der Waals surface area contributed by atoms with Crippen LogP contribution in [0.4, 0.5) is 0 Å². The van der Waals surface area contributed by atoms with E-state index in [-0.39, 0.29) is 53.7 Å². The highest BCUT2D eigenvalue weighted by molar-refractivity contribution is 6.30. The number of rotatable bonds is 6. The van der Waals surface area contributed by atoms with E-state index in [0.29, 0.717) is 23.5 Å². The number of amides is 2. The maximum absolute atomic E-state index is 14.2. The number of carbonyl (C=O) groups excluding carboxylic acids is 2. The van der Waals surface area contributed by atoms with Crippen molar-refractivity contribution >= 4 is 35.8 Å². The molecule has 4 atom stereocenters. The molecule has 41 heavy (non-hydrogen) atoms. The van der Waals surface area contributed by atoms with Crippen LogP contribution in [-0.4, -0.2) is 81.5 Å². The van der Waals surface area contributed by atoms with Crippen molar-refractivity contribution < 1.29 is 14.7 Å². The maximum Gasteiger partial charge on any atom is 0.231 e. The smallest absolute Gasteiger partial charge is 0.231 e. The molecule has 1 saturated carbocycles. The lowest BCUT2D eigenvalue weighted by atomic mass is 9.74. The van der Waals surface area contributed by atoms with Gasteiger partial charge in [0, 0.05) is 48.7 Å². The quantitative estimate of drug-likeness (QED) is 0.406. The molecule has 0 spiro atoms. The van der Waals surface area contributed by atoms with Crippen LogP contribution in [0, 0.1) is 16.7 Å². The van der Waals surface area contributed by atoms with E-state index in [9.17, 15) is 14.7 Å². The van der Waals surface area contributed by atoms with E-state index in [1.807, 2.05) is 30.9 Å². The van der Waals surface area contributed by atoms with E-state index in [1.165, 1.54) is 0 Å². The molecule has 4 rings (SSSR count). The lowest BCUT2D eigenvalue weighted by molar-refractivity contribution is -0.153. The summed E-state index contributed by atoms with van der Waals surface area (Å²) in [6.45, 7) is 19.5. The average Bonchev–Trinajstić information content (AvgIpc) is 3.53. The van der Waals surface area contributed by atoms with Gasteiger partial charge in [0.2, 0.25) is 11.8 Å². The van der Waals surface area contributed by atoms with Gasteiger partial charge in [-0.05, 0) is 96.8 Å². The minimum Gasteiger partial charge on any atom is -0.392 e. The second-order valence-corrected chi connectivity index (χ2v) is 15.5. The van der Waals surface area contributed by atoms with Gasteiger partial charge in [-0.2, -0.15) is 0 Å². The molecule has 1 unspecified atom stereocenters. The van der Waals surface area contributed by atoms with Crippen molar-refractivity contribution in [3.05, 3.63) is 34.9 Å². The van der Waals surface area contributed by atoms with E-state index >= 15 is 0 Å². The minimum atomic E-state index is -0.872. The fourth-order valence-corrected chi connectivity index (χ4v) is 6.98. The molecule has 6 nitrogen and oxygen atoms in total. The van der Waals surface area contributed by atoms with E-state index in [1.54, 1.807) is 6.92 Å². The number of aliphatic hydroxyl groups excluding tert-OH is 1. The van der Waals surface area contributed by atoms with E-state index in [2.05, 4.69) is 56.6 Å². The number of hydrogen-bond acceptors (Lipinski definition) is 4. The summed E-state index contributed by atoms with van der Waals surface area (Å²) < 4.78 is 0. The average molecular weight is 611 g/mol. The van der Waals surface area contributed by atoms with Crippen LogP contribution in [0.3, 0.4) is 0 Å². The Morgan fingerprint density at radius 2 is 1.56 bits per heavy atom. The van der Waals surface area contributed by atoms with Gasteiger partial charge < -0.3 is 14.9 Å². The number of hydrogen-bond donors (Lipinski definition) is 1. The molecule has 2 saturated heterocycles. The Morgan fingerprint density at radius 1 is 0.976 bits per heavy atom. The third kappa shape index (κ3) is 7.42. The lowest BCUT2D eigenvalue weighted by Gasteiger charge is -2.46. The molecule has 0 radical (unpaired) electrons. The van der Waals surface area contributed by atoms with Crippen LogP contribution in [0.1, 0.15) is 99.0 Å². The molecule has 2 heterocycles. The van der Waals surface area contributed by atoms with Gasteiger partial charge >= 0.3 is 0 Å². The van der Waals surface area contributed by atoms with Gasteiger partial charge in [-0.15, -0.1) is 12.4 Å². The summed E-state index contributed by atoms with van der Waals surface area (Å²) in [7, 11) is 0. The van der Waals surface area contributed by atoms with Gasteiger partial charge in [0.15, 0.2) is 0 Å². The van der Waals surface area contributed by atoms with Gasteiger partial charge in [-0.25, -0.2) is 0 Å². The lowest BCUT2D eigenvalue weighted by Crippen LogP contribution is -2.56. The van der Waals surface area contributed by atoms with Crippen molar-refractivity contribution in [2.45, 2.75) is 117 Å². The zero-order valence-electron chi connectivity index (χ0n) is 26.5. The molecule has 1 aromatic rings. The molecule has 1 N–H and O–H groups in total. The summed E-state index contributed by atoms with van der Waals surface area (Å²) in [5.74, 6) is 0.190. The van der Waals surface area contributed by atoms with Crippen LogP contribution < -0.4 is 0 Å². The zero-order valence-corrected chi connectivity index (χ0v) is 28.0. The van der Waals surface area contributed by atoms with Gasteiger partial charge in [0.05, 0.1) is 23.5 Å². The van der Waals surface area contributed by atoms with Crippen LogP contribution in [0.2, 0.25) is 5.02 Å². The number of likely N-dealkylation sites (tertiary alicyclic amines) is 2. The topological polar surface area (TPSA) is 64.1 Å². The first-order chi connectivity index (χ1) is 18.5. The summed E-state index contributed by atoms with van der Waals surface area (Å²) in [4.78, 5) is 34.8. The summed E-state index contributed by atoms with van der Waals surface area (Å²) in [6.07, 6.45) is 4.15. The highest BCUT2D eigenvalue weighted by Gasteiger charge is 2.48. The molecule has 2 amide bonds. The van der Waals surface area contributed by atoms with Gasteiger partial charge in [-0.1, -0.05) is 37.6 Å². The standard InChI is InChI=1S/C33H52ClN3O3.ClH/c1-22(38)33(7,8)30(40)37(25-13-16-32(5,6)17-14-25)26-15-18-35(19-26)29(39)28-21-36(31(2,3)4)20-27(28)23-9-11-24(34)12-10-23;/h9-12,22,25-28,38H,13-21H2,1-8H3;1H/t22?,26-,27-,28+;/m0./s1. The molecule has 232 valence electrons. The van der Waals surface area contributed by atoms with Gasteiger partial charge in [0.1, 0.15) is 0 Å². The van der Waals surface area contributed by atoms with E-state index in [4.69, 9.17) is 11.6 Å². The number of benzene rings is 1. The van der Waals surface area contributed by atoms with Gasteiger partial charge in [-0.3, -0.25) is 14.5 Å². The van der Waals surface area contributed by atoms with Crippen LogP contribution in [0.15, 0.2) is 24.3 Å². The van der Waals surface area contributed by atoms with Crippen LogP contribution in [0.5, 0.6) is 0 Å². The third-order valence-corrected chi connectivity index (χ3v) is 10.5. The van der Waals surface area contributed by atoms with Crippen LogP contribution in [0.25, 0.3) is 0 Å². The largest absolute Gasteiger partial charge is 0.392 e. The molecule has 3 fully saturated rings. The van der Waals surface area contributed by atoms with Crippen molar-refractivity contribution in [3.8, 4) is 0 Å². The molecule has 2 aliphatic heterocycles. The Morgan fingerprint density at radius 3 is 2.10 bits per heavy atom. The highest BCUT2D eigenvalue weighted by Crippen LogP contribution is 2.41. The fraction of sp³-hybridized carbons (Fsp3) is 0.758. The number of halogens is 2. The highest BCUT2D eigenvalue weighted by atomic mass is 35.5. The first kappa shape index (κ1) is 34.2. The van der Waals surface area contributed by atoms with Crippen molar-refractivity contribution in [1.29, 1.82) is 0 Å². The second kappa shape index (κ2) is 12.7. The van der Waals surface area contributed by atoms with E-state index in [0.717, 1.165) is 50.8 Å². The predicted octanol–water partition coefficient (Wildman–Crippen LogP) is 6.38. The third-order valence-electron chi connectivity index (χ3n) is 10.3. The Hall–Kier alpha value is -1.34. The molecular formula is C33H53Cl2N3O3. The first-order valence-electron chi connectivity index (χ1n) is 15.3. The molecular weight excluding hydrogens is 557 g/mol. The van der Waals surface area contributed by atoms with Crippen LogP contribution in [-0.2, 0) is 9.59 Å². The number of carbonyl (C=O) groups is 2. The Bertz CT molecular complexity index is 1060. The summed E-state index contributed by atoms with van der Waals surface area (Å²) >= 11 is 6.19. The Kier molecular flexibility index (Phi) is 10.6. The van der Waals surface area contributed by atoms with E-state index < -0.39 is 11.5 Å². The number of aliphatic hydroxyl groups is 1. The summed E-state index contributed by atoms with van der Waals surface area (Å²) in [5, 5.41) is 11.2. The monoisotopic (exact) mass is 609 g/mol. The van der Waals surface area contributed by atoms with Crippen molar-refractivity contribution in [3.63, 3.8) is 0 Å². The SMILES string of the molecule is CC(O)C(C)(C)C(=O)N(C1CCC(C)(C)CC1)[C@H]1CCN(C(=O)[C@@H]2CN(C(C)(C)C)C[C@H]2c2ccc(Cl)cc2)C1.Cl. The van der Waals surface area contributed by atoms with Crippen molar-refractivity contribution in [2.24, 2.45) is 16.7 Å². The normalized spacial score (nSPS) is 26.5. The fourth-order valence-electron chi connectivity index (χ4n) is 6.86. The Balaban J connectivity index is 0.00000462. The first-order valence-corrected chi connectivity index (χ1v) is 15.7. The van der Waals surface area contributed by atoms with Crippen LogP contribution >= 0.6 is 24.0 Å². The van der Waals surface area contributed by atoms with Crippen molar-refractivity contribution in [2.75, 3.05) is 26.2 Å². The predicted molar refractivity (Wildman–Crippen MR) is 170 cm³/mol. The number of nitrogens with zero attached hydrogens (tertiary/aromatic N) is 3. The molecule has 0 aromatic heterocycles. The molecule has 1 aromatic carbocycles. The summed E-state index contributed by atoms with van der Waals surface area (Å²) in [5.41, 5.74) is 0.548. The molecule has 8 heteroatoms. The second-order valence-electron chi connectivity index (χ2n) is 15.1. The minimum absolute atomic E-state index is 0. The van der Waals surface area contributed by atoms with Crippen molar-refractivity contribution in [1.82, 2.24) is 14.7 Å². The molecule has 1 aliphatic carbocycles. The molecule has 3 aliphatic rings. The Labute approximate surface area is 259 Å². The summed E-state index contributed by atoms with van der Waals surface area (Å²) in [6, 6.07) is 8.11. The zero-order chi connectivity index (χ0) is 29.6. The molecule has 0 bridgehead atoms.